The van der Waals surface area contributed by atoms with Crippen LogP contribution in [-0.2, 0) is 44.7 Å². The van der Waals surface area contributed by atoms with Gasteiger partial charge >= 0.3 is 24.0 Å². The molecule has 0 radical (unpaired) electrons. The first-order chi connectivity index (χ1) is 16.1. The van der Waals surface area contributed by atoms with Crippen molar-refractivity contribution in [2.45, 2.75) is 32.1 Å². The van der Waals surface area contributed by atoms with Crippen molar-refractivity contribution in [3.63, 3.8) is 0 Å². The maximum absolute atomic E-state index is 12.4. The summed E-state index contributed by atoms with van der Waals surface area (Å²) in [6, 6.07) is 7.53. The molecule has 1 rings (SSSR count). The van der Waals surface area contributed by atoms with E-state index in [9.17, 15) is 29.1 Å². The Morgan fingerprint density at radius 3 is 2.00 bits per heavy atom. The molecule has 3 atom stereocenters. The maximum Gasteiger partial charge on any atom is 0.407 e. The smallest absolute Gasteiger partial charge is 0.407 e. The minimum absolute atomic E-state index is 0.0313. The first-order valence-corrected chi connectivity index (χ1v) is 10.3. The second-order valence-corrected chi connectivity index (χ2v) is 7.25. The normalized spacial score (nSPS) is 13.1. The second kappa shape index (κ2) is 14.5. The number of hydrogen-bond acceptors (Lipinski definition) is 10. The molecule has 0 aliphatic carbocycles. The molecule has 12 nitrogen and oxygen atoms in total. The molecule has 0 unspecified atom stereocenters. The molecule has 0 saturated heterocycles. The number of alkyl carbamates (subject to hydrolysis) is 1. The highest BCUT2D eigenvalue weighted by Crippen LogP contribution is 2.20. The number of ether oxygens (including phenoxy) is 4. The van der Waals surface area contributed by atoms with Gasteiger partial charge in [0.1, 0.15) is 12.6 Å². The lowest BCUT2D eigenvalue weighted by Crippen LogP contribution is -2.51. The largest absolute Gasteiger partial charge is 0.468 e. The number of methoxy groups -OCH3 is 3. The summed E-state index contributed by atoms with van der Waals surface area (Å²) in [4.78, 5) is 60.5. The Morgan fingerprint density at radius 1 is 0.912 bits per heavy atom. The summed E-state index contributed by atoms with van der Waals surface area (Å²) in [7, 11) is 3.19. The van der Waals surface area contributed by atoms with E-state index in [1.54, 1.807) is 24.3 Å². The highest BCUT2D eigenvalue weighted by atomic mass is 16.6. The summed E-state index contributed by atoms with van der Waals surface area (Å²) >= 11 is 0. The van der Waals surface area contributed by atoms with Crippen LogP contribution in [0.5, 0.6) is 0 Å². The van der Waals surface area contributed by atoms with E-state index in [1.165, 1.54) is 6.92 Å². The summed E-state index contributed by atoms with van der Waals surface area (Å²) in [6.45, 7) is 1.09. The standard InChI is InChI=1S/C22H30N2O10/c1-13(17(19(27)31-2)20(28)32-3)18(21(29)33-4)24-16(26)10-15(25)11-23-22(30)34-12-14-8-6-5-7-9-14/h5-9,13,15,17-18,25H,10-12H2,1-4H3,(H,23,30)(H,24,26)/t13-,15+,18-/m0/s1. The average Bonchev–Trinajstić information content (AvgIpc) is 2.84. The van der Waals surface area contributed by atoms with Crippen molar-refractivity contribution in [1.82, 2.24) is 10.6 Å². The van der Waals surface area contributed by atoms with Crippen LogP contribution in [0.4, 0.5) is 4.79 Å². The number of amides is 2. The Bertz CT molecular complexity index is 829. The fraction of sp³-hybridized carbons (Fsp3) is 0.500. The summed E-state index contributed by atoms with van der Waals surface area (Å²) < 4.78 is 18.9. The van der Waals surface area contributed by atoms with E-state index < -0.39 is 60.3 Å². The molecule has 12 heteroatoms. The Balaban J connectivity index is 2.66. The number of aliphatic hydroxyl groups excluding tert-OH is 1. The Labute approximate surface area is 196 Å². The zero-order valence-corrected chi connectivity index (χ0v) is 19.4. The van der Waals surface area contributed by atoms with E-state index in [1.807, 2.05) is 6.07 Å². The van der Waals surface area contributed by atoms with Crippen LogP contribution in [0.2, 0.25) is 0 Å². The Morgan fingerprint density at radius 2 is 1.47 bits per heavy atom. The third-order valence-corrected chi connectivity index (χ3v) is 4.85. The van der Waals surface area contributed by atoms with Crippen LogP contribution in [-0.4, -0.2) is 75.0 Å². The number of nitrogens with one attached hydrogen (secondary N) is 2. The monoisotopic (exact) mass is 482 g/mol. The summed E-state index contributed by atoms with van der Waals surface area (Å²) in [6.07, 6.45) is -2.60. The molecular formula is C22H30N2O10. The van der Waals surface area contributed by atoms with E-state index in [0.29, 0.717) is 0 Å². The number of rotatable bonds is 12. The molecule has 0 fully saturated rings. The van der Waals surface area contributed by atoms with Crippen molar-refractivity contribution in [3.8, 4) is 0 Å². The molecule has 188 valence electrons. The topological polar surface area (TPSA) is 167 Å². The van der Waals surface area contributed by atoms with E-state index in [2.05, 4.69) is 24.8 Å². The van der Waals surface area contributed by atoms with Crippen LogP contribution in [0.15, 0.2) is 30.3 Å². The number of benzene rings is 1. The van der Waals surface area contributed by atoms with E-state index in [4.69, 9.17) is 4.74 Å². The third-order valence-electron chi connectivity index (χ3n) is 4.85. The fourth-order valence-electron chi connectivity index (χ4n) is 3.00. The lowest BCUT2D eigenvalue weighted by atomic mass is 9.87. The van der Waals surface area contributed by atoms with Crippen LogP contribution >= 0.6 is 0 Å². The quantitative estimate of drug-likeness (QED) is 0.208. The maximum atomic E-state index is 12.4. The molecule has 0 heterocycles. The molecule has 3 N–H and O–H groups in total. The van der Waals surface area contributed by atoms with Gasteiger partial charge in [-0.3, -0.25) is 14.4 Å². The fourth-order valence-corrected chi connectivity index (χ4v) is 3.00. The molecule has 0 bridgehead atoms. The molecule has 0 aliphatic rings. The first-order valence-electron chi connectivity index (χ1n) is 10.3. The number of hydrogen-bond donors (Lipinski definition) is 3. The molecule has 2 amide bonds. The van der Waals surface area contributed by atoms with E-state index in [-0.39, 0.29) is 13.2 Å². The van der Waals surface area contributed by atoms with Gasteiger partial charge < -0.3 is 34.7 Å². The lowest BCUT2D eigenvalue weighted by Gasteiger charge is -2.27. The molecule has 0 saturated carbocycles. The zero-order valence-electron chi connectivity index (χ0n) is 19.4. The molecular weight excluding hydrogens is 452 g/mol. The minimum atomic E-state index is -1.51. The number of esters is 3. The van der Waals surface area contributed by atoms with Gasteiger partial charge in [0.15, 0.2) is 5.92 Å². The second-order valence-electron chi connectivity index (χ2n) is 7.25. The van der Waals surface area contributed by atoms with Gasteiger partial charge in [-0.25, -0.2) is 9.59 Å². The van der Waals surface area contributed by atoms with Crippen LogP contribution in [0, 0.1) is 11.8 Å². The molecule has 34 heavy (non-hydrogen) atoms. The molecule has 0 spiro atoms. The molecule has 1 aromatic rings. The minimum Gasteiger partial charge on any atom is -0.468 e. The van der Waals surface area contributed by atoms with Crippen molar-refractivity contribution in [3.05, 3.63) is 35.9 Å². The van der Waals surface area contributed by atoms with Gasteiger partial charge in [-0.1, -0.05) is 37.3 Å². The van der Waals surface area contributed by atoms with Crippen LogP contribution in [0.25, 0.3) is 0 Å². The van der Waals surface area contributed by atoms with Crippen LogP contribution in [0.1, 0.15) is 18.9 Å². The lowest BCUT2D eigenvalue weighted by molar-refractivity contribution is -0.163. The Kier molecular flexibility index (Phi) is 12.1. The molecule has 1 aromatic carbocycles. The van der Waals surface area contributed by atoms with E-state index >= 15 is 0 Å². The summed E-state index contributed by atoms with van der Waals surface area (Å²) in [5.41, 5.74) is 0.776. The van der Waals surface area contributed by atoms with Crippen LogP contribution < -0.4 is 10.6 Å². The van der Waals surface area contributed by atoms with Crippen molar-refractivity contribution in [2.75, 3.05) is 27.9 Å². The number of carbonyl (C=O) groups excluding carboxylic acids is 5. The summed E-state index contributed by atoms with van der Waals surface area (Å²) in [5, 5.41) is 14.7. The van der Waals surface area contributed by atoms with Crippen molar-refractivity contribution in [1.29, 1.82) is 0 Å². The van der Waals surface area contributed by atoms with Crippen molar-refractivity contribution in [2.24, 2.45) is 11.8 Å². The van der Waals surface area contributed by atoms with E-state index in [0.717, 1.165) is 26.9 Å². The predicted molar refractivity (Wildman–Crippen MR) is 116 cm³/mol. The van der Waals surface area contributed by atoms with Gasteiger partial charge in [-0.05, 0) is 5.56 Å². The number of aliphatic hydroxyl groups is 1. The highest BCUT2D eigenvalue weighted by molar-refractivity contribution is 5.96. The van der Waals surface area contributed by atoms with Crippen LogP contribution in [0.3, 0.4) is 0 Å². The van der Waals surface area contributed by atoms with Gasteiger partial charge in [0.25, 0.3) is 0 Å². The van der Waals surface area contributed by atoms with Crippen molar-refractivity contribution >= 4 is 29.9 Å². The third kappa shape index (κ3) is 9.06. The highest BCUT2D eigenvalue weighted by Gasteiger charge is 2.42. The number of carbonyl (C=O) groups is 5. The van der Waals surface area contributed by atoms with Gasteiger partial charge in [-0.15, -0.1) is 0 Å². The molecule has 0 aromatic heterocycles. The SMILES string of the molecule is COC(=O)C(C(=O)OC)[C@H](C)[C@H](NC(=O)C[C@@H](O)CNC(=O)OCc1ccccc1)C(=O)OC. The Hall–Kier alpha value is -3.67. The average molecular weight is 482 g/mol. The van der Waals surface area contributed by atoms with Gasteiger partial charge in [0, 0.05) is 12.5 Å². The first kappa shape index (κ1) is 28.4. The van der Waals surface area contributed by atoms with Gasteiger partial charge in [-0.2, -0.15) is 0 Å². The van der Waals surface area contributed by atoms with Crippen molar-refractivity contribution < 1.29 is 48.0 Å². The summed E-state index contributed by atoms with van der Waals surface area (Å²) in [5.74, 6) is -6.23. The van der Waals surface area contributed by atoms with Gasteiger partial charge in [0.2, 0.25) is 5.91 Å². The van der Waals surface area contributed by atoms with Gasteiger partial charge in [0.05, 0.1) is 33.9 Å². The predicted octanol–water partition coefficient (Wildman–Crippen LogP) is -0.0801. The molecule has 0 aliphatic heterocycles. The zero-order chi connectivity index (χ0) is 25.7.